The van der Waals surface area contributed by atoms with E-state index in [1.165, 1.54) is 0 Å². The number of para-hydroxylation sites is 2. The fraction of sp³-hybridized carbons (Fsp3) is 0.364. The van der Waals surface area contributed by atoms with Crippen molar-refractivity contribution in [1.82, 2.24) is 4.90 Å². The Hall–Kier alpha value is -3.22. The van der Waals surface area contributed by atoms with E-state index in [2.05, 4.69) is 10.6 Å². The van der Waals surface area contributed by atoms with Crippen LogP contribution in [0.3, 0.4) is 0 Å². The lowest BCUT2D eigenvalue weighted by atomic mass is 9.96. The van der Waals surface area contributed by atoms with Gasteiger partial charge in [-0.3, -0.25) is 4.79 Å². The lowest BCUT2D eigenvalue weighted by Crippen LogP contribution is -2.43. The zero-order chi connectivity index (χ0) is 20.6. The number of hydrogen-bond acceptors (Lipinski definition) is 4. The van der Waals surface area contributed by atoms with Crippen LogP contribution in [0.1, 0.15) is 19.8 Å². The summed E-state index contributed by atoms with van der Waals surface area (Å²) in [6.45, 7) is 3.60. The Morgan fingerprint density at radius 2 is 1.72 bits per heavy atom. The number of anilines is 2. The quantitative estimate of drug-likeness (QED) is 0.773. The third-order valence-corrected chi connectivity index (χ3v) is 4.93. The zero-order valence-corrected chi connectivity index (χ0v) is 16.8. The molecule has 3 rings (SSSR count). The molecule has 1 saturated heterocycles. The summed E-state index contributed by atoms with van der Waals surface area (Å²) in [5.74, 6) is 1.23. The number of carbonyl (C=O) groups is 2. The second-order valence-corrected chi connectivity index (χ2v) is 6.84. The summed E-state index contributed by atoms with van der Waals surface area (Å²) >= 11 is 0. The Balaban J connectivity index is 1.49. The van der Waals surface area contributed by atoms with Crippen molar-refractivity contribution in [3.63, 3.8) is 0 Å². The first-order chi connectivity index (χ1) is 14.1. The Kier molecular flexibility index (Phi) is 6.94. The Bertz CT molecular complexity index is 830. The minimum absolute atomic E-state index is 0.0407. The average molecular weight is 397 g/mol. The van der Waals surface area contributed by atoms with Gasteiger partial charge < -0.3 is 25.0 Å². The van der Waals surface area contributed by atoms with E-state index in [1.807, 2.05) is 55.5 Å². The molecule has 1 fully saturated rings. The summed E-state index contributed by atoms with van der Waals surface area (Å²) in [6, 6.07) is 14.5. The zero-order valence-electron chi connectivity index (χ0n) is 16.8. The summed E-state index contributed by atoms with van der Waals surface area (Å²) < 4.78 is 10.7. The number of ether oxygens (including phenoxy) is 2. The number of amides is 3. The highest BCUT2D eigenvalue weighted by atomic mass is 16.5. The molecular weight excluding hydrogens is 370 g/mol. The Labute approximate surface area is 171 Å². The van der Waals surface area contributed by atoms with E-state index in [0.717, 1.165) is 11.4 Å². The van der Waals surface area contributed by atoms with Gasteiger partial charge >= 0.3 is 6.03 Å². The van der Waals surface area contributed by atoms with Crippen LogP contribution < -0.4 is 20.1 Å². The first-order valence-electron chi connectivity index (χ1n) is 9.83. The van der Waals surface area contributed by atoms with Crippen LogP contribution in [0.4, 0.5) is 16.2 Å². The topological polar surface area (TPSA) is 79.9 Å². The molecule has 0 aliphatic carbocycles. The van der Waals surface area contributed by atoms with E-state index >= 15 is 0 Å². The molecule has 0 saturated carbocycles. The van der Waals surface area contributed by atoms with Gasteiger partial charge in [0, 0.05) is 24.7 Å². The second-order valence-electron chi connectivity index (χ2n) is 6.84. The minimum Gasteiger partial charge on any atom is -0.495 e. The van der Waals surface area contributed by atoms with Crippen LogP contribution in [-0.2, 0) is 4.79 Å². The van der Waals surface area contributed by atoms with Gasteiger partial charge in [-0.1, -0.05) is 12.1 Å². The summed E-state index contributed by atoms with van der Waals surface area (Å²) in [5, 5.41) is 5.83. The van der Waals surface area contributed by atoms with Gasteiger partial charge in [-0.05, 0) is 56.2 Å². The molecule has 7 nitrogen and oxygen atoms in total. The highest BCUT2D eigenvalue weighted by Gasteiger charge is 2.27. The van der Waals surface area contributed by atoms with Gasteiger partial charge in [-0.25, -0.2) is 4.79 Å². The Morgan fingerprint density at radius 1 is 1.03 bits per heavy atom. The van der Waals surface area contributed by atoms with Crippen LogP contribution in [-0.4, -0.2) is 43.6 Å². The van der Waals surface area contributed by atoms with Crippen molar-refractivity contribution < 1.29 is 19.1 Å². The number of hydrogen-bond donors (Lipinski definition) is 2. The average Bonchev–Trinajstić information content (AvgIpc) is 2.75. The smallest absolute Gasteiger partial charge is 0.321 e. The highest BCUT2D eigenvalue weighted by molar-refractivity contribution is 5.94. The van der Waals surface area contributed by atoms with E-state index in [1.54, 1.807) is 12.0 Å². The van der Waals surface area contributed by atoms with Crippen LogP contribution >= 0.6 is 0 Å². The predicted molar refractivity (Wildman–Crippen MR) is 113 cm³/mol. The van der Waals surface area contributed by atoms with E-state index in [0.29, 0.717) is 44.0 Å². The van der Waals surface area contributed by atoms with E-state index in [-0.39, 0.29) is 17.9 Å². The van der Waals surface area contributed by atoms with Crippen LogP contribution in [0.25, 0.3) is 0 Å². The largest absolute Gasteiger partial charge is 0.495 e. The maximum Gasteiger partial charge on any atom is 0.321 e. The minimum atomic E-state index is -0.155. The molecule has 0 bridgehead atoms. The van der Waals surface area contributed by atoms with Crippen molar-refractivity contribution in [2.24, 2.45) is 5.92 Å². The summed E-state index contributed by atoms with van der Waals surface area (Å²) in [6.07, 6.45) is 1.25. The van der Waals surface area contributed by atoms with Crippen molar-refractivity contribution in [2.45, 2.75) is 19.8 Å². The fourth-order valence-electron chi connectivity index (χ4n) is 3.33. The molecule has 1 heterocycles. The number of carbonyl (C=O) groups excluding carboxylic acids is 2. The molecule has 0 aromatic heterocycles. The molecule has 1 aliphatic heterocycles. The number of benzene rings is 2. The third-order valence-electron chi connectivity index (χ3n) is 4.93. The molecule has 3 amide bonds. The molecule has 0 atom stereocenters. The molecule has 2 N–H and O–H groups in total. The van der Waals surface area contributed by atoms with Gasteiger partial charge in [-0.2, -0.15) is 0 Å². The molecular formula is C22H27N3O4. The SMILES string of the molecule is CCOc1ccc(NC(=O)N2CCC(C(=O)Nc3ccccc3OC)CC2)cc1. The second kappa shape index (κ2) is 9.82. The molecule has 29 heavy (non-hydrogen) atoms. The van der Waals surface area contributed by atoms with E-state index in [4.69, 9.17) is 9.47 Å². The van der Waals surface area contributed by atoms with Crippen LogP contribution in [0, 0.1) is 5.92 Å². The number of rotatable bonds is 6. The van der Waals surface area contributed by atoms with Crippen molar-refractivity contribution in [3.8, 4) is 11.5 Å². The summed E-state index contributed by atoms with van der Waals surface area (Å²) in [4.78, 5) is 26.8. The summed E-state index contributed by atoms with van der Waals surface area (Å²) in [5.41, 5.74) is 1.38. The van der Waals surface area contributed by atoms with Crippen LogP contribution in [0.15, 0.2) is 48.5 Å². The highest BCUT2D eigenvalue weighted by Crippen LogP contribution is 2.26. The lowest BCUT2D eigenvalue weighted by molar-refractivity contribution is -0.121. The normalized spacial score (nSPS) is 14.2. The Morgan fingerprint density at radius 3 is 2.38 bits per heavy atom. The number of urea groups is 1. The third kappa shape index (κ3) is 5.40. The molecule has 0 unspecified atom stereocenters. The number of methoxy groups -OCH3 is 1. The van der Waals surface area contributed by atoms with Gasteiger partial charge in [0.05, 0.1) is 19.4 Å². The van der Waals surface area contributed by atoms with Gasteiger partial charge in [0.15, 0.2) is 0 Å². The number of piperidine rings is 1. The van der Waals surface area contributed by atoms with Gasteiger partial charge in [-0.15, -0.1) is 0 Å². The van der Waals surface area contributed by atoms with Gasteiger partial charge in [0.1, 0.15) is 11.5 Å². The van der Waals surface area contributed by atoms with E-state index in [9.17, 15) is 9.59 Å². The number of nitrogens with one attached hydrogen (secondary N) is 2. The summed E-state index contributed by atoms with van der Waals surface area (Å²) in [7, 11) is 1.58. The first kappa shape index (κ1) is 20.5. The van der Waals surface area contributed by atoms with Crippen molar-refractivity contribution in [3.05, 3.63) is 48.5 Å². The van der Waals surface area contributed by atoms with Crippen LogP contribution in [0.5, 0.6) is 11.5 Å². The number of nitrogens with zero attached hydrogens (tertiary/aromatic N) is 1. The monoisotopic (exact) mass is 397 g/mol. The maximum absolute atomic E-state index is 12.6. The maximum atomic E-state index is 12.6. The van der Waals surface area contributed by atoms with Gasteiger partial charge in [0.2, 0.25) is 5.91 Å². The first-order valence-corrected chi connectivity index (χ1v) is 9.83. The van der Waals surface area contributed by atoms with Crippen LogP contribution in [0.2, 0.25) is 0 Å². The van der Waals surface area contributed by atoms with E-state index < -0.39 is 0 Å². The van der Waals surface area contributed by atoms with Crippen molar-refractivity contribution >= 4 is 23.3 Å². The fourth-order valence-corrected chi connectivity index (χ4v) is 3.33. The van der Waals surface area contributed by atoms with Gasteiger partial charge in [0.25, 0.3) is 0 Å². The standard InChI is InChI=1S/C22H27N3O4/c1-3-29-18-10-8-17(9-11-18)23-22(27)25-14-12-16(13-15-25)21(26)24-19-6-4-5-7-20(19)28-2/h4-11,16H,3,12-15H2,1-2H3,(H,23,27)(H,24,26). The lowest BCUT2D eigenvalue weighted by Gasteiger charge is -2.31. The molecule has 154 valence electrons. The van der Waals surface area contributed by atoms with Crippen molar-refractivity contribution in [1.29, 1.82) is 0 Å². The van der Waals surface area contributed by atoms with Crippen molar-refractivity contribution in [2.75, 3.05) is 37.4 Å². The number of likely N-dealkylation sites (tertiary alicyclic amines) is 1. The molecule has 7 heteroatoms. The molecule has 1 aliphatic rings. The molecule has 0 spiro atoms. The predicted octanol–water partition coefficient (Wildman–Crippen LogP) is 3.98. The molecule has 0 radical (unpaired) electrons. The molecule has 2 aromatic rings. The molecule has 2 aromatic carbocycles.